The van der Waals surface area contributed by atoms with Gasteiger partial charge in [-0.25, -0.2) is 0 Å². The second kappa shape index (κ2) is 7.71. The molecule has 2 heteroatoms. The average Bonchev–Trinajstić information content (AvgIpc) is 2.52. The molecule has 0 N–H and O–H groups in total. The molecule has 0 spiro atoms. The number of ether oxygens (including phenoxy) is 2. The molecule has 1 aliphatic carbocycles. The fourth-order valence-corrected chi connectivity index (χ4v) is 2.39. The molecular formula is C18H22O2. The second-order valence-corrected chi connectivity index (χ2v) is 4.88. The monoisotopic (exact) mass is 270 g/mol. The van der Waals surface area contributed by atoms with Crippen LogP contribution in [0.15, 0.2) is 59.9 Å². The molecule has 2 rings (SSSR count). The molecule has 0 heterocycles. The summed E-state index contributed by atoms with van der Waals surface area (Å²) in [6.07, 6.45) is 11.6. The third-order valence-corrected chi connectivity index (χ3v) is 3.58. The number of hydrogen-bond acceptors (Lipinski definition) is 2. The van der Waals surface area contributed by atoms with Crippen LogP contribution in [0.25, 0.3) is 6.08 Å². The van der Waals surface area contributed by atoms with Crippen LogP contribution in [0.4, 0.5) is 0 Å². The molecule has 0 aromatic heterocycles. The molecule has 1 aromatic carbocycles. The standard InChI is InChI=1S/C18H22O2/c1-19-17-13-12-16(18(14-17)20-2)11-7-6-10-15-8-4-3-5-9-15/h3-11,17H,12-14H2,1-2H3/b10-6+,11-7+. The Balaban J connectivity index is 1.99. The van der Waals surface area contributed by atoms with Crippen molar-refractivity contribution < 1.29 is 9.47 Å². The summed E-state index contributed by atoms with van der Waals surface area (Å²) < 4.78 is 10.9. The fourth-order valence-electron chi connectivity index (χ4n) is 2.39. The van der Waals surface area contributed by atoms with Crippen LogP contribution in [0.2, 0.25) is 0 Å². The van der Waals surface area contributed by atoms with Crippen molar-refractivity contribution in [2.24, 2.45) is 0 Å². The smallest absolute Gasteiger partial charge is 0.101 e. The second-order valence-electron chi connectivity index (χ2n) is 4.88. The van der Waals surface area contributed by atoms with Crippen LogP contribution in [-0.4, -0.2) is 20.3 Å². The van der Waals surface area contributed by atoms with E-state index in [-0.39, 0.29) is 0 Å². The van der Waals surface area contributed by atoms with Crippen LogP contribution in [0.1, 0.15) is 24.8 Å². The average molecular weight is 270 g/mol. The van der Waals surface area contributed by atoms with E-state index < -0.39 is 0 Å². The first-order valence-electron chi connectivity index (χ1n) is 7.02. The normalized spacial score (nSPS) is 20.0. The van der Waals surface area contributed by atoms with Crippen molar-refractivity contribution in [3.63, 3.8) is 0 Å². The molecule has 0 aliphatic heterocycles. The molecule has 2 nitrogen and oxygen atoms in total. The highest BCUT2D eigenvalue weighted by molar-refractivity contribution is 5.51. The summed E-state index contributed by atoms with van der Waals surface area (Å²) in [7, 11) is 3.50. The largest absolute Gasteiger partial charge is 0.501 e. The van der Waals surface area contributed by atoms with E-state index in [9.17, 15) is 0 Å². The molecule has 106 valence electrons. The lowest BCUT2D eigenvalue weighted by Gasteiger charge is -2.24. The molecule has 0 bridgehead atoms. The first-order chi connectivity index (χ1) is 9.83. The van der Waals surface area contributed by atoms with Crippen LogP contribution in [0.5, 0.6) is 0 Å². The van der Waals surface area contributed by atoms with Crippen molar-refractivity contribution in [2.45, 2.75) is 25.4 Å². The first kappa shape index (κ1) is 14.6. The van der Waals surface area contributed by atoms with Gasteiger partial charge in [0.05, 0.1) is 13.2 Å². The highest BCUT2D eigenvalue weighted by Crippen LogP contribution is 2.27. The number of hydrogen-bond donors (Lipinski definition) is 0. The Kier molecular flexibility index (Phi) is 5.63. The maximum Gasteiger partial charge on any atom is 0.101 e. The van der Waals surface area contributed by atoms with Crippen molar-refractivity contribution in [2.75, 3.05) is 14.2 Å². The van der Waals surface area contributed by atoms with Crippen molar-refractivity contribution >= 4 is 6.08 Å². The van der Waals surface area contributed by atoms with Gasteiger partial charge in [-0.15, -0.1) is 0 Å². The molecule has 0 radical (unpaired) electrons. The SMILES string of the molecule is COC1=C(/C=C/C=C/c2ccccc2)CCC(OC)C1. The van der Waals surface area contributed by atoms with Gasteiger partial charge in [0.1, 0.15) is 5.76 Å². The van der Waals surface area contributed by atoms with Gasteiger partial charge in [-0.05, 0) is 24.0 Å². The third kappa shape index (κ3) is 4.10. The Morgan fingerprint density at radius 1 is 1.05 bits per heavy atom. The van der Waals surface area contributed by atoms with Gasteiger partial charge in [-0.2, -0.15) is 0 Å². The summed E-state index contributed by atoms with van der Waals surface area (Å²) in [6, 6.07) is 10.3. The molecule has 0 fully saturated rings. The Morgan fingerprint density at radius 2 is 1.80 bits per heavy atom. The van der Waals surface area contributed by atoms with Crippen LogP contribution >= 0.6 is 0 Å². The van der Waals surface area contributed by atoms with E-state index in [1.165, 1.54) is 11.1 Å². The van der Waals surface area contributed by atoms with Gasteiger partial charge in [0.2, 0.25) is 0 Å². The van der Waals surface area contributed by atoms with Crippen molar-refractivity contribution in [3.05, 3.63) is 65.5 Å². The molecule has 1 aromatic rings. The first-order valence-corrected chi connectivity index (χ1v) is 7.02. The quantitative estimate of drug-likeness (QED) is 0.740. The predicted molar refractivity (Wildman–Crippen MR) is 83.3 cm³/mol. The molecule has 0 amide bonds. The molecular weight excluding hydrogens is 248 g/mol. The fraction of sp³-hybridized carbons (Fsp3) is 0.333. The maximum absolute atomic E-state index is 5.48. The van der Waals surface area contributed by atoms with Gasteiger partial charge >= 0.3 is 0 Å². The Labute approximate surface area is 121 Å². The van der Waals surface area contributed by atoms with E-state index in [0.29, 0.717) is 6.10 Å². The zero-order valence-corrected chi connectivity index (χ0v) is 12.2. The van der Waals surface area contributed by atoms with Crippen molar-refractivity contribution in [3.8, 4) is 0 Å². The predicted octanol–water partition coefficient (Wildman–Crippen LogP) is 4.36. The minimum absolute atomic E-state index is 0.293. The zero-order valence-electron chi connectivity index (χ0n) is 12.2. The number of methoxy groups -OCH3 is 2. The zero-order chi connectivity index (χ0) is 14.2. The Morgan fingerprint density at radius 3 is 2.50 bits per heavy atom. The van der Waals surface area contributed by atoms with E-state index in [1.807, 2.05) is 18.2 Å². The summed E-state index contributed by atoms with van der Waals surface area (Å²) in [5, 5.41) is 0. The van der Waals surface area contributed by atoms with Gasteiger partial charge in [0.25, 0.3) is 0 Å². The van der Waals surface area contributed by atoms with E-state index in [2.05, 4.69) is 36.4 Å². The summed E-state index contributed by atoms with van der Waals surface area (Å²) >= 11 is 0. The van der Waals surface area contributed by atoms with Gasteiger partial charge in [-0.3, -0.25) is 0 Å². The van der Waals surface area contributed by atoms with Gasteiger partial charge in [0.15, 0.2) is 0 Å². The highest BCUT2D eigenvalue weighted by Gasteiger charge is 2.19. The summed E-state index contributed by atoms with van der Waals surface area (Å²) in [6.45, 7) is 0. The number of benzene rings is 1. The Bertz CT molecular complexity index is 497. The van der Waals surface area contributed by atoms with E-state index in [4.69, 9.17) is 9.47 Å². The Hall–Kier alpha value is -1.80. The van der Waals surface area contributed by atoms with Crippen LogP contribution in [-0.2, 0) is 9.47 Å². The lowest BCUT2D eigenvalue weighted by molar-refractivity contribution is 0.0738. The third-order valence-electron chi connectivity index (χ3n) is 3.58. The van der Waals surface area contributed by atoms with E-state index in [1.54, 1.807) is 14.2 Å². The molecule has 0 saturated heterocycles. The lowest BCUT2D eigenvalue weighted by atomic mass is 9.95. The number of rotatable bonds is 5. The van der Waals surface area contributed by atoms with E-state index >= 15 is 0 Å². The minimum atomic E-state index is 0.293. The van der Waals surface area contributed by atoms with Crippen molar-refractivity contribution in [1.29, 1.82) is 0 Å². The van der Waals surface area contributed by atoms with Crippen molar-refractivity contribution in [1.82, 2.24) is 0 Å². The summed E-state index contributed by atoms with van der Waals surface area (Å²) in [5.74, 6) is 1.05. The topological polar surface area (TPSA) is 18.5 Å². The molecule has 1 atom stereocenters. The summed E-state index contributed by atoms with van der Waals surface area (Å²) in [5.41, 5.74) is 2.49. The maximum atomic E-state index is 5.48. The van der Waals surface area contributed by atoms with Gasteiger partial charge < -0.3 is 9.47 Å². The van der Waals surface area contributed by atoms with Gasteiger partial charge in [-0.1, -0.05) is 54.6 Å². The highest BCUT2D eigenvalue weighted by atomic mass is 16.5. The van der Waals surface area contributed by atoms with E-state index in [0.717, 1.165) is 25.0 Å². The van der Waals surface area contributed by atoms with Crippen LogP contribution in [0.3, 0.4) is 0 Å². The molecule has 0 saturated carbocycles. The molecule has 1 unspecified atom stereocenters. The van der Waals surface area contributed by atoms with Crippen LogP contribution in [0, 0.1) is 0 Å². The number of allylic oxidation sites excluding steroid dienone is 4. The lowest BCUT2D eigenvalue weighted by Crippen LogP contribution is -2.17. The van der Waals surface area contributed by atoms with Crippen LogP contribution < -0.4 is 0 Å². The molecule has 20 heavy (non-hydrogen) atoms. The summed E-state index contributed by atoms with van der Waals surface area (Å²) in [4.78, 5) is 0. The van der Waals surface area contributed by atoms with Gasteiger partial charge in [0, 0.05) is 13.5 Å². The molecule has 1 aliphatic rings. The minimum Gasteiger partial charge on any atom is -0.501 e.